The lowest BCUT2D eigenvalue weighted by Gasteiger charge is -2.47. The first-order chi connectivity index (χ1) is 22.2. The highest BCUT2D eigenvalue weighted by Crippen LogP contribution is 2.38. The van der Waals surface area contributed by atoms with Gasteiger partial charge in [0, 0.05) is 30.9 Å². The summed E-state index contributed by atoms with van der Waals surface area (Å²) >= 11 is 0. The molecular weight excluding hydrogens is 630 g/mol. The molecule has 3 rings (SSSR count). The normalized spacial score (nSPS) is 43.0. The number of carbonyl (C=O) groups is 2. The van der Waals surface area contributed by atoms with Gasteiger partial charge < -0.3 is 54.4 Å². The molecule has 1 amide bonds. The summed E-state index contributed by atoms with van der Waals surface area (Å²) < 4.78 is 23.1. The zero-order chi connectivity index (χ0) is 36.5. The van der Waals surface area contributed by atoms with Crippen LogP contribution in [0.4, 0.5) is 0 Å². The number of aliphatic hydroxyl groups is 5. The van der Waals surface area contributed by atoms with E-state index in [4.69, 9.17) is 18.7 Å². The molecule has 15 nitrogen and oxygen atoms in total. The monoisotopic (exact) mass is 685 g/mol. The molecule has 3 heterocycles. The molecule has 2 fully saturated rings. The summed E-state index contributed by atoms with van der Waals surface area (Å²) in [5, 5.41) is 75.0. The van der Waals surface area contributed by atoms with Gasteiger partial charge in [-0.05, 0) is 53.9 Å². The molecule has 0 aliphatic carbocycles. The third kappa shape index (κ3) is 8.20. The average molecular weight is 686 g/mol. The summed E-state index contributed by atoms with van der Waals surface area (Å²) in [6, 6.07) is 0.681. The number of aromatic nitrogens is 1. The molecule has 1 aromatic rings. The summed E-state index contributed by atoms with van der Waals surface area (Å²) in [5.41, 5.74) is -3.22. The number of ether oxygens (including phenoxy) is 3. The minimum Gasteiger partial charge on any atom is -0.459 e. The van der Waals surface area contributed by atoms with E-state index in [1.54, 1.807) is 41.5 Å². The van der Waals surface area contributed by atoms with E-state index in [0.29, 0.717) is 5.69 Å². The Balaban J connectivity index is 2.02. The smallest absolute Gasteiger partial charge is 0.311 e. The van der Waals surface area contributed by atoms with Crippen LogP contribution in [0.5, 0.6) is 0 Å². The van der Waals surface area contributed by atoms with Crippen LogP contribution in [0.1, 0.15) is 90.9 Å². The van der Waals surface area contributed by atoms with Gasteiger partial charge in [0.05, 0.1) is 53.4 Å². The molecule has 2 aliphatic heterocycles. The summed E-state index contributed by atoms with van der Waals surface area (Å²) in [4.78, 5) is 27.9. The fraction of sp³-hybridized carbons (Fsp3) is 0.818. The van der Waals surface area contributed by atoms with Gasteiger partial charge in [-0.3, -0.25) is 9.59 Å². The van der Waals surface area contributed by atoms with Gasteiger partial charge in [-0.2, -0.15) is 0 Å². The van der Waals surface area contributed by atoms with E-state index in [1.165, 1.54) is 38.8 Å². The third-order valence-corrected chi connectivity index (χ3v) is 10.2. The van der Waals surface area contributed by atoms with Gasteiger partial charge in [0.25, 0.3) is 5.91 Å². The summed E-state index contributed by atoms with van der Waals surface area (Å²) in [7, 11) is 1.51. The maximum atomic E-state index is 13.4. The Hall–Kier alpha value is -2.66. The molecule has 2 saturated heterocycles. The second-order valence-electron chi connectivity index (χ2n) is 14.3. The second kappa shape index (κ2) is 15.5. The number of nitrogens with zero attached hydrogens (tertiary/aromatic N) is 3. The topological polar surface area (TPSA) is 225 Å². The number of aliphatic hydroxyl groups excluding tert-OH is 3. The predicted molar refractivity (Wildman–Crippen MR) is 171 cm³/mol. The van der Waals surface area contributed by atoms with E-state index >= 15 is 0 Å². The van der Waals surface area contributed by atoms with Crippen LogP contribution in [0, 0.1) is 30.6 Å². The van der Waals surface area contributed by atoms with Crippen molar-refractivity contribution in [2.75, 3.05) is 7.05 Å². The Morgan fingerprint density at radius 2 is 1.73 bits per heavy atom. The standard InChI is InChI=1S/C33H55N3O12/c1-11-23-33(9,43)27(39)18(5)24(34-44)15(2)14-32(8,42)28(19(6)25(37)20(7)30(41)46-23)47-31-26(38)21(13-17(4)45-31)36(10)29(40)22-12-16(3)35-48-22/h12,15,17-21,23,25-28,31,37-39,42-44H,11,13-14H2,1-10H3/b34-24+/t15-,17-,18+,19+,20-,21+,23-,25+,26-,27-,28-,31+,32?,33-/m1/s1. The third-order valence-electron chi connectivity index (χ3n) is 10.2. The number of rotatable bonds is 5. The minimum absolute atomic E-state index is 0.00749. The summed E-state index contributed by atoms with van der Waals surface area (Å²) in [6.45, 7) is 14.1. The molecule has 14 atom stereocenters. The first-order valence-electron chi connectivity index (χ1n) is 16.6. The van der Waals surface area contributed by atoms with Crippen LogP contribution in [-0.2, 0) is 19.0 Å². The molecule has 274 valence electrons. The van der Waals surface area contributed by atoms with Crippen molar-refractivity contribution in [3.8, 4) is 0 Å². The molecule has 0 bridgehead atoms. The van der Waals surface area contributed by atoms with Gasteiger partial charge >= 0.3 is 5.97 Å². The number of amides is 1. The lowest BCUT2D eigenvalue weighted by molar-refractivity contribution is -0.298. The highest BCUT2D eigenvalue weighted by Gasteiger charge is 2.51. The first-order valence-corrected chi connectivity index (χ1v) is 16.6. The second-order valence-corrected chi connectivity index (χ2v) is 14.3. The van der Waals surface area contributed by atoms with Crippen LogP contribution in [0.3, 0.4) is 0 Å². The molecule has 1 aromatic heterocycles. The maximum absolute atomic E-state index is 13.4. The van der Waals surface area contributed by atoms with Crippen molar-refractivity contribution in [2.45, 2.75) is 142 Å². The van der Waals surface area contributed by atoms with Crippen molar-refractivity contribution in [2.24, 2.45) is 28.8 Å². The molecule has 0 spiro atoms. The molecule has 0 saturated carbocycles. The van der Waals surface area contributed by atoms with Gasteiger partial charge in [-0.25, -0.2) is 0 Å². The summed E-state index contributed by atoms with van der Waals surface area (Å²) in [5.74, 6) is -5.19. The fourth-order valence-electron chi connectivity index (χ4n) is 7.27. The minimum atomic E-state index is -1.96. The van der Waals surface area contributed by atoms with E-state index in [9.17, 15) is 40.3 Å². The molecule has 6 N–H and O–H groups in total. The summed E-state index contributed by atoms with van der Waals surface area (Å²) in [6.07, 6.45) is -8.56. The molecule has 15 heteroatoms. The van der Waals surface area contributed by atoms with E-state index in [0.717, 1.165) is 0 Å². The number of esters is 1. The Bertz CT molecular complexity index is 1280. The zero-order valence-corrected chi connectivity index (χ0v) is 29.6. The van der Waals surface area contributed by atoms with Crippen molar-refractivity contribution in [3.63, 3.8) is 0 Å². The van der Waals surface area contributed by atoms with Crippen LogP contribution < -0.4 is 0 Å². The molecule has 48 heavy (non-hydrogen) atoms. The van der Waals surface area contributed by atoms with E-state index in [1.807, 2.05) is 0 Å². The largest absolute Gasteiger partial charge is 0.459 e. The number of cyclic esters (lactones) is 1. The van der Waals surface area contributed by atoms with Gasteiger partial charge in [0.1, 0.15) is 17.8 Å². The molecule has 0 radical (unpaired) electrons. The van der Waals surface area contributed by atoms with Gasteiger partial charge in [-0.1, -0.05) is 38.0 Å². The quantitative estimate of drug-likeness (QED) is 0.147. The number of aryl methyl sites for hydroxylation is 1. The van der Waals surface area contributed by atoms with Crippen LogP contribution in [0.15, 0.2) is 15.7 Å². The molecule has 2 aliphatic rings. The Morgan fingerprint density at radius 3 is 2.27 bits per heavy atom. The zero-order valence-electron chi connectivity index (χ0n) is 29.6. The predicted octanol–water partition coefficient (Wildman–Crippen LogP) is 1.63. The molecule has 1 unspecified atom stereocenters. The lowest BCUT2D eigenvalue weighted by Crippen LogP contribution is -2.60. The van der Waals surface area contributed by atoms with E-state index in [2.05, 4.69) is 10.3 Å². The van der Waals surface area contributed by atoms with E-state index < -0.39 is 95.7 Å². The van der Waals surface area contributed by atoms with Crippen molar-refractivity contribution >= 4 is 17.6 Å². The van der Waals surface area contributed by atoms with Crippen LogP contribution in [0.2, 0.25) is 0 Å². The number of hydrogen-bond acceptors (Lipinski definition) is 14. The van der Waals surface area contributed by atoms with Crippen LogP contribution in [0.25, 0.3) is 0 Å². The molecular formula is C33H55N3O12. The maximum Gasteiger partial charge on any atom is 0.311 e. The van der Waals surface area contributed by atoms with Crippen LogP contribution in [-0.4, -0.2) is 126 Å². The number of carbonyl (C=O) groups excluding carboxylic acids is 2. The Labute approximate surface area is 281 Å². The number of oxime groups is 1. The average Bonchev–Trinajstić information content (AvgIpc) is 3.46. The Kier molecular flexibility index (Phi) is 12.8. The van der Waals surface area contributed by atoms with Crippen molar-refractivity contribution in [1.29, 1.82) is 0 Å². The van der Waals surface area contributed by atoms with Crippen molar-refractivity contribution < 1.29 is 59.1 Å². The van der Waals surface area contributed by atoms with Gasteiger partial charge in [0.15, 0.2) is 6.29 Å². The van der Waals surface area contributed by atoms with Crippen molar-refractivity contribution in [3.05, 3.63) is 17.5 Å². The lowest BCUT2D eigenvalue weighted by atomic mass is 9.73. The number of hydrogen-bond donors (Lipinski definition) is 6. The highest BCUT2D eigenvalue weighted by atomic mass is 16.7. The Morgan fingerprint density at radius 1 is 1.10 bits per heavy atom. The highest BCUT2D eigenvalue weighted by molar-refractivity contribution is 5.91. The molecule has 0 aromatic carbocycles. The van der Waals surface area contributed by atoms with Gasteiger partial charge in [0.2, 0.25) is 5.76 Å². The fourth-order valence-corrected chi connectivity index (χ4v) is 7.27. The SMILES string of the molecule is CC[C@H]1OC(=O)[C@H](C)[C@@H](O)[C@H](C)[C@@H](O[C@@H]2O[C@H](C)C[C@H](N(C)C(=O)c3cc(C)no3)[C@H]2O)C(C)(O)C[C@@H](C)/C(=N\O)[C@H](C)[C@@H](O)[C@]1(C)O. The van der Waals surface area contributed by atoms with E-state index in [-0.39, 0.29) is 30.7 Å². The van der Waals surface area contributed by atoms with Gasteiger partial charge in [-0.15, -0.1) is 0 Å². The number of likely N-dealkylation sites (N-methyl/N-ethyl adjacent to an activating group) is 1. The van der Waals surface area contributed by atoms with Crippen molar-refractivity contribution in [1.82, 2.24) is 10.1 Å². The first kappa shape index (κ1) is 39.8. The van der Waals surface area contributed by atoms with Crippen LogP contribution >= 0.6 is 0 Å².